The van der Waals surface area contributed by atoms with Crippen molar-refractivity contribution in [3.05, 3.63) is 65.7 Å². The maximum atomic E-state index is 12.9. The Morgan fingerprint density at radius 1 is 0.794 bits per heavy atom. The molecular weight excluding hydrogens is 424 g/mol. The van der Waals surface area contributed by atoms with Crippen LogP contribution in [0.1, 0.15) is 24.5 Å². The van der Waals surface area contributed by atoms with Crippen molar-refractivity contribution >= 4 is 5.91 Å². The molecule has 184 valence electrons. The van der Waals surface area contributed by atoms with Crippen LogP contribution in [-0.4, -0.2) is 97.6 Å². The molecule has 0 spiro atoms. The Kier molecular flexibility index (Phi) is 9.36. The van der Waals surface area contributed by atoms with Gasteiger partial charge in [-0.2, -0.15) is 0 Å². The Morgan fingerprint density at radius 2 is 1.44 bits per heavy atom. The first-order valence-corrected chi connectivity index (χ1v) is 12.9. The summed E-state index contributed by atoms with van der Waals surface area (Å²) in [4.78, 5) is 22.3. The van der Waals surface area contributed by atoms with Crippen LogP contribution < -0.4 is 4.74 Å². The van der Waals surface area contributed by atoms with Crippen molar-refractivity contribution in [2.75, 3.05) is 72.1 Å². The van der Waals surface area contributed by atoms with Crippen molar-refractivity contribution in [2.45, 2.75) is 26.3 Å². The standard InChI is InChI=1S/C28H40N4O2/c1-2-22-34-27-11-7-6-10-26(27)23-30-18-20-32(21-19-30)28(33)24-31-16-14-29(15-17-31)13-12-25-8-4-3-5-9-25/h3-11H,2,12-24H2,1H3. The number of piperazine rings is 2. The van der Waals surface area contributed by atoms with Crippen LogP contribution in [0.5, 0.6) is 5.75 Å². The van der Waals surface area contributed by atoms with Gasteiger partial charge in [0.2, 0.25) is 5.91 Å². The smallest absolute Gasteiger partial charge is 0.236 e. The second-order valence-electron chi connectivity index (χ2n) is 9.47. The van der Waals surface area contributed by atoms with Gasteiger partial charge in [-0.1, -0.05) is 55.5 Å². The average molecular weight is 465 g/mol. The monoisotopic (exact) mass is 464 g/mol. The molecule has 0 aromatic heterocycles. The summed E-state index contributed by atoms with van der Waals surface area (Å²) in [6.07, 6.45) is 2.11. The van der Waals surface area contributed by atoms with Gasteiger partial charge in [-0.15, -0.1) is 0 Å². The maximum absolute atomic E-state index is 12.9. The van der Waals surface area contributed by atoms with E-state index in [1.165, 1.54) is 11.1 Å². The van der Waals surface area contributed by atoms with E-state index in [9.17, 15) is 4.79 Å². The number of rotatable bonds is 10. The van der Waals surface area contributed by atoms with Crippen LogP contribution in [0.4, 0.5) is 0 Å². The maximum Gasteiger partial charge on any atom is 0.236 e. The quantitative estimate of drug-likeness (QED) is 0.541. The lowest BCUT2D eigenvalue weighted by Crippen LogP contribution is -2.53. The highest BCUT2D eigenvalue weighted by Crippen LogP contribution is 2.21. The summed E-state index contributed by atoms with van der Waals surface area (Å²) >= 11 is 0. The lowest BCUT2D eigenvalue weighted by Gasteiger charge is -2.38. The molecule has 0 N–H and O–H groups in total. The van der Waals surface area contributed by atoms with Gasteiger partial charge in [0, 0.05) is 71.0 Å². The van der Waals surface area contributed by atoms with Crippen LogP contribution in [0.2, 0.25) is 0 Å². The molecule has 4 rings (SSSR count). The summed E-state index contributed by atoms with van der Waals surface area (Å²) < 4.78 is 5.92. The third kappa shape index (κ3) is 7.29. The second-order valence-corrected chi connectivity index (χ2v) is 9.47. The molecule has 2 aliphatic rings. The van der Waals surface area contributed by atoms with Gasteiger partial charge in [-0.05, 0) is 24.5 Å². The fourth-order valence-corrected chi connectivity index (χ4v) is 4.78. The Labute approximate surface area is 205 Å². The molecule has 2 aliphatic heterocycles. The summed E-state index contributed by atoms with van der Waals surface area (Å²) in [6, 6.07) is 19.0. The average Bonchev–Trinajstić information content (AvgIpc) is 2.89. The molecule has 2 fully saturated rings. The number of nitrogens with zero attached hydrogens (tertiary/aromatic N) is 4. The van der Waals surface area contributed by atoms with Gasteiger partial charge in [0.15, 0.2) is 0 Å². The Balaban J connectivity index is 1.15. The van der Waals surface area contributed by atoms with Gasteiger partial charge in [0.25, 0.3) is 0 Å². The van der Waals surface area contributed by atoms with Crippen LogP contribution >= 0.6 is 0 Å². The minimum atomic E-state index is 0.282. The van der Waals surface area contributed by atoms with Crippen molar-refractivity contribution in [1.82, 2.24) is 19.6 Å². The molecule has 0 unspecified atom stereocenters. The first-order chi connectivity index (χ1) is 16.7. The number of carbonyl (C=O) groups excluding carboxylic acids is 1. The summed E-state index contributed by atoms with van der Waals surface area (Å²) in [5.41, 5.74) is 2.64. The molecule has 34 heavy (non-hydrogen) atoms. The third-order valence-corrected chi connectivity index (χ3v) is 6.94. The lowest BCUT2D eigenvalue weighted by atomic mass is 10.1. The number of hydrogen-bond donors (Lipinski definition) is 0. The normalized spacial score (nSPS) is 18.2. The molecule has 2 heterocycles. The molecule has 6 heteroatoms. The number of benzene rings is 2. The molecule has 0 aliphatic carbocycles. The number of amides is 1. The van der Waals surface area contributed by atoms with E-state index in [0.717, 1.165) is 90.6 Å². The highest BCUT2D eigenvalue weighted by Gasteiger charge is 2.25. The van der Waals surface area contributed by atoms with Crippen LogP contribution in [-0.2, 0) is 17.8 Å². The number of hydrogen-bond acceptors (Lipinski definition) is 5. The predicted octanol–water partition coefficient (Wildman–Crippen LogP) is 2.98. The number of para-hydroxylation sites is 1. The minimum Gasteiger partial charge on any atom is -0.493 e. The first kappa shape index (κ1) is 24.7. The third-order valence-electron chi connectivity index (χ3n) is 6.94. The molecule has 2 aromatic rings. The molecule has 6 nitrogen and oxygen atoms in total. The highest BCUT2D eigenvalue weighted by molar-refractivity contribution is 5.78. The topological polar surface area (TPSA) is 39.3 Å². The largest absolute Gasteiger partial charge is 0.493 e. The van der Waals surface area contributed by atoms with E-state index in [1.807, 2.05) is 6.07 Å². The van der Waals surface area contributed by atoms with Gasteiger partial charge < -0.3 is 14.5 Å². The Hall–Kier alpha value is -2.41. The molecule has 0 bridgehead atoms. The summed E-state index contributed by atoms with van der Waals surface area (Å²) in [6.45, 7) is 12.9. The Morgan fingerprint density at radius 3 is 2.18 bits per heavy atom. The van der Waals surface area contributed by atoms with Gasteiger partial charge >= 0.3 is 0 Å². The first-order valence-electron chi connectivity index (χ1n) is 12.9. The second kappa shape index (κ2) is 12.9. The molecule has 0 radical (unpaired) electrons. The van der Waals surface area contributed by atoms with Crippen molar-refractivity contribution in [3.8, 4) is 5.75 Å². The molecule has 0 saturated carbocycles. The van der Waals surface area contributed by atoms with Gasteiger partial charge in [-0.3, -0.25) is 14.6 Å². The zero-order valence-electron chi connectivity index (χ0n) is 20.7. The zero-order chi connectivity index (χ0) is 23.6. The van der Waals surface area contributed by atoms with Gasteiger partial charge in [0.05, 0.1) is 13.2 Å². The van der Waals surface area contributed by atoms with Gasteiger partial charge in [-0.25, -0.2) is 0 Å². The number of carbonyl (C=O) groups is 1. The summed E-state index contributed by atoms with van der Waals surface area (Å²) in [5, 5.41) is 0. The van der Waals surface area contributed by atoms with Crippen molar-refractivity contribution < 1.29 is 9.53 Å². The van der Waals surface area contributed by atoms with Crippen molar-refractivity contribution in [3.63, 3.8) is 0 Å². The fourth-order valence-electron chi connectivity index (χ4n) is 4.78. The fraction of sp³-hybridized carbons (Fsp3) is 0.536. The zero-order valence-corrected chi connectivity index (χ0v) is 20.7. The molecular formula is C28H40N4O2. The van der Waals surface area contributed by atoms with Gasteiger partial charge in [0.1, 0.15) is 5.75 Å². The highest BCUT2D eigenvalue weighted by atomic mass is 16.5. The molecule has 2 saturated heterocycles. The van der Waals surface area contributed by atoms with Crippen LogP contribution in [0.15, 0.2) is 54.6 Å². The SMILES string of the molecule is CCCOc1ccccc1CN1CCN(C(=O)CN2CCN(CCc3ccccc3)CC2)CC1. The van der Waals surface area contributed by atoms with E-state index in [1.54, 1.807) is 0 Å². The van der Waals surface area contributed by atoms with Crippen LogP contribution in [0.3, 0.4) is 0 Å². The van der Waals surface area contributed by atoms with Crippen molar-refractivity contribution in [2.24, 2.45) is 0 Å². The van der Waals surface area contributed by atoms with E-state index >= 15 is 0 Å². The van der Waals surface area contributed by atoms with E-state index in [2.05, 4.69) is 75.1 Å². The lowest BCUT2D eigenvalue weighted by molar-refractivity contribution is -0.134. The predicted molar refractivity (Wildman–Crippen MR) is 137 cm³/mol. The van der Waals surface area contributed by atoms with E-state index < -0.39 is 0 Å². The van der Waals surface area contributed by atoms with Crippen LogP contribution in [0.25, 0.3) is 0 Å². The minimum absolute atomic E-state index is 0.282. The molecule has 1 amide bonds. The molecule has 0 atom stereocenters. The van der Waals surface area contributed by atoms with Crippen molar-refractivity contribution in [1.29, 1.82) is 0 Å². The van der Waals surface area contributed by atoms with E-state index in [-0.39, 0.29) is 5.91 Å². The number of ether oxygens (including phenoxy) is 1. The summed E-state index contributed by atoms with van der Waals surface area (Å²) in [7, 11) is 0. The summed E-state index contributed by atoms with van der Waals surface area (Å²) in [5.74, 6) is 1.27. The van der Waals surface area contributed by atoms with Crippen LogP contribution in [0, 0.1) is 0 Å². The van der Waals surface area contributed by atoms with E-state index in [4.69, 9.17) is 4.74 Å². The molecule has 2 aromatic carbocycles. The van der Waals surface area contributed by atoms with E-state index in [0.29, 0.717) is 6.54 Å². The Bertz CT molecular complexity index is 875.